The van der Waals surface area contributed by atoms with Crippen molar-refractivity contribution in [1.82, 2.24) is 4.90 Å². The first-order chi connectivity index (χ1) is 10.4. The van der Waals surface area contributed by atoms with Gasteiger partial charge in [-0.25, -0.2) is 4.79 Å². The molecule has 132 valence electrons. The van der Waals surface area contributed by atoms with Crippen molar-refractivity contribution < 1.29 is 32.0 Å². The van der Waals surface area contributed by atoms with Gasteiger partial charge < -0.3 is 18.9 Å². The number of hydrogen-bond donors (Lipinski definition) is 0. The summed E-state index contributed by atoms with van der Waals surface area (Å²) >= 11 is 0. The molecular weight excluding hydrogens is 314 g/mol. The highest BCUT2D eigenvalue weighted by molar-refractivity contribution is 6.45. The van der Waals surface area contributed by atoms with E-state index in [-0.39, 0.29) is 13.0 Å². The van der Waals surface area contributed by atoms with Crippen molar-refractivity contribution in [3.63, 3.8) is 0 Å². The average Bonchev–Trinajstić information content (AvgIpc) is 2.89. The number of hydrogen-bond acceptors (Lipinski definition) is 4. The molecule has 9 heteroatoms. The molecule has 0 spiro atoms. The summed E-state index contributed by atoms with van der Waals surface area (Å²) < 4.78 is 52.3. The van der Waals surface area contributed by atoms with Gasteiger partial charge in [0.15, 0.2) is 6.61 Å². The van der Waals surface area contributed by atoms with Gasteiger partial charge in [0.25, 0.3) is 0 Å². The van der Waals surface area contributed by atoms with Crippen LogP contribution in [0.1, 0.15) is 34.1 Å². The number of carbonyl (C=O) groups is 1. The molecule has 0 aromatic carbocycles. The zero-order valence-corrected chi connectivity index (χ0v) is 13.9. The molecule has 2 aliphatic rings. The summed E-state index contributed by atoms with van der Waals surface area (Å²) in [6.07, 6.45) is -4.11. The van der Waals surface area contributed by atoms with Gasteiger partial charge in [-0.3, -0.25) is 0 Å². The average molecular weight is 337 g/mol. The highest BCUT2D eigenvalue weighted by Crippen LogP contribution is 2.39. The van der Waals surface area contributed by atoms with Crippen LogP contribution in [0.5, 0.6) is 0 Å². The first-order valence-electron chi connectivity index (χ1n) is 7.74. The fourth-order valence-corrected chi connectivity index (χ4v) is 2.76. The molecule has 23 heavy (non-hydrogen) atoms. The van der Waals surface area contributed by atoms with Crippen LogP contribution in [0.25, 0.3) is 0 Å². The summed E-state index contributed by atoms with van der Waals surface area (Å²) in [6, 6.07) is 0. The van der Waals surface area contributed by atoms with Crippen molar-refractivity contribution in [1.29, 1.82) is 0 Å². The molecule has 0 N–H and O–H groups in total. The van der Waals surface area contributed by atoms with E-state index in [2.05, 4.69) is 4.74 Å². The third-order valence-corrected chi connectivity index (χ3v) is 4.73. The number of halogens is 3. The molecule has 0 aromatic rings. The second-order valence-electron chi connectivity index (χ2n) is 7.19. The van der Waals surface area contributed by atoms with Crippen LogP contribution in [0.2, 0.25) is 6.32 Å². The van der Waals surface area contributed by atoms with E-state index in [4.69, 9.17) is 9.31 Å². The largest absolute Gasteiger partial charge is 0.458 e. The van der Waals surface area contributed by atoms with Crippen molar-refractivity contribution in [2.75, 3.05) is 19.7 Å². The Hall–Kier alpha value is -0.955. The van der Waals surface area contributed by atoms with Gasteiger partial charge in [0, 0.05) is 13.1 Å². The Bertz CT molecular complexity index is 440. The fourth-order valence-electron chi connectivity index (χ4n) is 2.76. The van der Waals surface area contributed by atoms with Crippen LogP contribution in [0.3, 0.4) is 0 Å². The highest BCUT2D eigenvalue weighted by atomic mass is 19.4. The number of likely N-dealkylation sites (tertiary alicyclic amines) is 1. The predicted octanol–water partition coefficient (Wildman–Crippen LogP) is 3.10. The first kappa shape index (κ1) is 18.4. The third kappa shape index (κ3) is 4.53. The number of amides is 1. The van der Waals surface area contributed by atoms with E-state index in [1.807, 2.05) is 27.7 Å². The van der Waals surface area contributed by atoms with Gasteiger partial charge in [0.1, 0.15) is 0 Å². The van der Waals surface area contributed by atoms with E-state index in [9.17, 15) is 18.0 Å². The maximum Gasteiger partial charge on any atom is 0.458 e. The van der Waals surface area contributed by atoms with Crippen molar-refractivity contribution >= 4 is 13.2 Å². The molecule has 0 aliphatic carbocycles. The highest BCUT2D eigenvalue weighted by Gasteiger charge is 2.51. The minimum atomic E-state index is -4.50. The molecule has 0 bridgehead atoms. The zero-order valence-electron chi connectivity index (χ0n) is 13.9. The molecule has 2 heterocycles. The van der Waals surface area contributed by atoms with E-state index in [1.165, 1.54) is 4.90 Å². The van der Waals surface area contributed by atoms with Crippen LogP contribution in [-0.2, 0) is 14.0 Å². The maximum absolute atomic E-state index is 12.1. The van der Waals surface area contributed by atoms with Crippen LogP contribution >= 0.6 is 0 Å². The van der Waals surface area contributed by atoms with Gasteiger partial charge in [-0.15, -0.1) is 0 Å². The van der Waals surface area contributed by atoms with Crippen LogP contribution < -0.4 is 0 Å². The van der Waals surface area contributed by atoms with Crippen LogP contribution in [-0.4, -0.2) is 55.2 Å². The quantitative estimate of drug-likeness (QED) is 0.743. The van der Waals surface area contributed by atoms with Gasteiger partial charge in [-0.2, -0.15) is 13.2 Å². The summed E-state index contributed by atoms with van der Waals surface area (Å²) in [5.74, 6) is 0.128. The molecule has 1 atom stereocenters. The predicted molar refractivity (Wildman–Crippen MR) is 78.0 cm³/mol. The lowest BCUT2D eigenvalue weighted by molar-refractivity contribution is -0.162. The Kier molecular flexibility index (Phi) is 4.93. The van der Waals surface area contributed by atoms with Crippen molar-refractivity contribution in [2.24, 2.45) is 5.92 Å². The van der Waals surface area contributed by atoms with Gasteiger partial charge in [-0.1, -0.05) is 0 Å². The van der Waals surface area contributed by atoms with E-state index in [0.717, 1.165) is 0 Å². The number of rotatable bonds is 3. The molecular formula is C14H23BF3NO4. The lowest BCUT2D eigenvalue weighted by Crippen LogP contribution is -2.41. The topological polar surface area (TPSA) is 48.0 Å². The molecule has 0 saturated carbocycles. The van der Waals surface area contributed by atoms with E-state index >= 15 is 0 Å². The Labute approximate surface area is 134 Å². The number of ether oxygens (including phenoxy) is 1. The molecule has 5 nitrogen and oxygen atoms in total. The van der Waals surface area contributed by atoms with Crippen molar-refractivity contribution in [3.05, 3.63) is 0 Å². The van der Waals surface area contributed by atoms with Gasteiger partial charge in [0.2, 0.25) is 0 Å². The van der Waals surface area contributed by atoms with Gasteiger partial charge >= 0.3 is 19.4 Å². The van der Waals surface area contributed by atoms with E-state index in [0.29, 0.717) is 25.8 Å². The summed E-state index contributed by atoms with van der Waals surface area (Å²) in [7, 11) is -0.365. The maximum atomic E-state index is 12.1. The monoisotopic (exact) mass is 337 g/mol. The van der Waals surface area contributed by atoms with Crippen LogP contribution in [0.4, 0.5) is 18.0 Å². The fraction of sp³-hybridized carbons (Fsp3) is 0.929. The lowest BCUT2D eigenvalue weighted by Gasteiger charge is -2.32. The molecule has 1 amide bonds. The Morgan fingerprint density at radius 2 is 1.83 bits per heavy atom. The van der Waals surface area contributed by atoms with E-state index < -0.39 is 30.1 Å². The second-order valence-corrected chi connectivity index (χ2v) is 7.19. The summed E-state index contributed by atoms with van der Waals surface area (Å²) in [4.78, 5) is 12.9. The lowest BCUT2D eigenvalue weighted by atomic mass is 9.77. The summed E-state index contributed by atoms with van der Waals surface area (Å²) in [6.45, 7) is 7.04. The molecule has 1 unspecified atom stereocenters. The van der Waals surface area contributed by atoms with Crippen molar-refractivity contribution in [2.45, 2.75) is 57.8 Å². The molecule has 0 aromatic heterocycles. The first-order valence-corrected chi connectivity index (χ1v) is 7.74. The third-order valence-electron chi connectivity index (χ3n) is 4.73. The smallest absolute Gasteiger partial charge is 0.440 e. The molecule has 0 radical (unpaired) electrons. The summed E-state index contributed by atoms with van der Waals surface area (Å²) in [5.41, 5.74) is -0.830. The zero-order chi connectivity index (χ0) is 17.5. The standard InChI is InChI=1S/C14H23BF3NO4/c1-12(2)13(3,4)23-15(22-12)7-10-5-6-19(8-10)11(20)21-9-14(16,17)18/h10H,5-9H2,1-4H3. The SMILES string of the molecule is CC1(C)OB(CC2CCN(C(=O)OCC(F)(F)F)C2)OC1(C)C. The second kappa shape index (κ2) is 6.16. The molecule has 2 aliphatic heterocycles. The molecule has 2 rings (SSSR count). The minimum Gasteiger partial charge on any atom is -0.440 e. The number of carbonyl (C=O) groups excluding carboxylic acids is 1. The Balaban J connectivity index is 1.79. The Morgan fingerprint density at radius 1 is 1.26 bits per heavy atom. The number of nitrogens with zero attached hydrogens (tertiary/aromatic N) is 1. The van der Waals surface area contributed by atoms with Crippen LogP contribution in [0.15, 0.2) is 0 Å². The minimum absolute atomic E-state index is 0.128. The molecule has 2 saturated heterocycles. The van der Waals surface area contributed by atoms with Gasteiger partial charge in [0.05, 0.1) is 11.2 Å². The number of alkyl halides is 3. The van der Waals surface area contributed by atoms with E-state index in [1.54, 1.807) is 0 Å². The Morgan fingerprint density at radius 3 is 2.35 bits per heavy atom. The van der Waals surface area contributed by atoms with Crippen molar-refractivity contribution in [3.8, 4) is 0 Å². The van der Waals surface area contributed by atoms with Gasteiger partial charge in [-0.05, 0) is 46.4 Å². The van der Waals surface area contributed by atoms with Crippen LogP contribution in [0, 0.1) is 5.92 Å². The normalized spacial score (nSPS) is 26.7. The summed E-state index contributed by atoms with van der Waals surface area (Å²) in [5, 5.41) is 0. The molecule has 2 fully saturated rings.